The van der Waals surface area contributed by atoms with Crippen molar-refractivity contribution in [3.05, 3.63) is 48.3 Å². The van der Waals surface area contributed by atoms with Crippen LogP contribution in [0.3, 0.4) is 0 Å². The van der Waals surface area contributed by atoms with E-state index in [2.05, 4.69) is 55.4 Å². The van der Waals surface area contributed by atoms with E-state index in [9.17, 15) is 40.9 Å². The van der Waals surface area contributed by atoms with Crippen molar-refractivity contribution >= 4 is 0 Å². The molecule has 0 aliphatic heterocycles. The number of hydrogen-bond donors (Lipinski definition) is 8. The monoisotopic (exact) mass is 2450 g/mol. The molecule has 0 bridgehead atoms. The minimum Gasteiger partial charge on any atom is -0.678 e. The van der Waals surface area contributed by atoms with Gasteiger partial charge in [0.15, 0.2) is 25.2 Å². The topological polar surface area (TPSA) is 441 Å². The third-order valence-electron chi connectivity index (χ3n) is 33.9. The Morgan fingerprint density at radius 2 is 0.524 bits per heavy atom. The second kappa shape index (κ2) is 88.0. The van der Waals surface area contributed by atoms with Gasteiger partial charge in [0, 0.05) is 107 Å². The molecular formula is C113H218N9O21Rh4. The molecule has 12 rings (SSSR count). The first-order valence-electron chi connectivity index (χ1n) is 57.8. The van der Waals surface area contributed by atoms with Crippen molar-refractivity contribution in [2.24, 2.45) is 71.0 Å². The van der Waals surface area contributed by atoms with Gasteiger partial charge in [0.1, 0.15) is 0 Å². The third kappa shape index (κ3) is 59.7. The number of nitrogens with zero attached hydrogens (tertiary/aromatic N) is 8. The molecule has 0 amide bonds. The number of methoxy groups -OCH3 is 8. The molecular weight excluding hydrogens is 2230 g/mol. The molecule has 30 nitrogen and oxygen atoms in total. The molecule has 12 saturated carbocycles. The Morgan fingerprint density at radius 1 is 0.279 bits per heavy atom. The van der Waals surface area contributed by atoms with Gasteiger partial charge >= 0.3 is 77.9 Å². The van der Waals surface area contributed by atoms with Gasteiger partial charge in [-0.05, 0) is 266 Å². The molecule has 15 unspecified atom stereocenters. The maximum Gasteiger partial charge on any atom is 3.00 e. The number of rotatable bonds is 49. The summed E-state index contributed by atoms with van der Waals surface area (Å²) in [5.41, 5.74) is 6.21. The van der Waals surface area contributed by atoms with Crippen LogP contribution in [0.4, 0.5) is 0 Å². The summed E-state index contributed by atoms with van der Waals surface area (Å²) in [5, 5.41) is 117. The maximum atomic E-state index is 10.4. The normalized spacial score (nSPS) is 33.5. The molecule has 147 heavy (non-hydrogen) atoms. The summed E-state index contributed by atoms with van der Waals surface area (Å²) in [6.45, 7) is 25.3. The molecule has 877 valence electrons. The first-order chi connectivity index (χ1) is 68.7. The van der Waals surface area contributed by atoms with Gasteiger partial charge in [-0.25, -0.2) is 0 Å². The van der Waals surface area contributed by atoms with Gasteiger partial charge in [0.2, 0.25) is 0 Å². The Balaban J connectivity index is 0.000000893. The van der Waals surface area contributed by atoms with Gasteiger partial charge in [0.05, 0.1) is 73.2 Å². The van der Waals surface area contributed by atoms with E-state index in [1.165, 1.54) is 103 Å². The molecule has 3 radical (unpaired) electrons. The van der Waals surface area contributed by atoms with Gasteiger partial charge in [0.25, 0.3) is 0 Å². The summed E-state index contributed by atoms with van der Waals surface area (Å²) in [5.74, 6) is 2.07. The molecule has 0 saturated heterocycles. The number of aliphatic hydroxyl groups excluding tert-OH is 4. The molecule has 0 spiro atoms. The van der Waals surface area contributed by atoms with Crippen molar-refractivity contribution in [1.82, 2.24) is 0 Å². The number of aliphatic hydroxyl groups is 8. The van der Waals surface area contributed by atoms with Gasteiger partial charge in [-0.1, -0.05) is 171 Å². The van der Waals surface area contributed by atoms with Crippen molar-refractivity contribution in [2.45, 2.75) is 537 Å². The summed E-state index contributed by atoms with van der Waals surface area (Å²) in [4.78, 5) is 0. The van der Waals surface area contributed by atoms with E-state index < -0.39 is 25.2 Å². The van der Waals surface area contributed by atoms with Gasteiger partial charge in [-0.2, -0.15) is 6.54 Å². The van der Waals surface area contributed by atoms with Gasteiger partial charge in [-0.15, -0.1) is 48.3 Å². The fraction of sp³-hybridized carbons (Fsp3) is 1.00. The van der Waals surface area contributed by atoms with Gasteiger partial charge < -0.3 is 151 Å². The first-order valence-corrected chi connectivity index (χ1v) is 57.8. The molecule has 15 atom stereocenters. The van der Waals surface area contributed by atoms with E-state index in [1.807, 2.05) is 56.9 Å². The predicted molar refractivity (Wildman–Crippen MR) is 576 cm³/mol. The van der Waals surface area contributed by atoms with Gasteiger partial charge in [-0.3, -0.25) is 26.7 Å². The number of nitrogens with one attached hydrogen (secondary N) is 1. The molecule has 0 aromatic heterocycles. The Hall–Kier alpha value is 1.29. The quantitative estimate of drug-likeness (QED) is 0.0207. The van der Waals surface area contributed by atoms with E-state index in [1.54, 1.807) is 6.92 Å². The van der Waals surface area contributed by atoms with Crippen LogP contribution in [-0.2, 0) is 135 Å². The minimum absolute atomic E-state index is 0. The summed E-state index contributed by atoms with van der Waals surface area (Å²) < 4.78 is 68.3. The zero-order valence-electron chi connectivity index (χ0n) is 94.6. The Morgan fingerprint density at radius 3 is 0.776 bits per heavy atom. The Labute approximate surface area is 946 Å². The summed E-state index contributed by atoms with van der Waals surface area (Å²) >= 11 is 0. The standard InChI is InChI=1S/C33H64O7.C18H34O5.4C15H28N2O2.C2H6N.H2O.4Rh/c1-8-11-38-23(7)22(6)15-25-18-29(33(36)37)20-27(31(25)40-13-10-3)16-26-19-28(32(34)35)17-24(14-21(4)5)30(26)39-12-9-2;1-2-8-23-16-7-6-14(18(21)22)11-15(16)10-12-4-3-5-13(9-12)17(19)20;4*1-18-14-7-3-12(4-8-14)16-11-17-13-5-9-15(19-2)10-6-13;1-2-3;;;;;/h21-37H,8-20H2,1-7H3;12-22H,2-11H2,1H3;4*12-15H,3-11H2,1-2H3;3H,2H2,1H3;1H2;;;;/q;;4*-2;-1;;3*+2;+3. The van der Waals surface area contributed by atoms with E-state index in [-0.39, 0.29) is 155 Å². The first kappa shape index (κ1) is 146. The van der Waals surface area contributed by atoms with Crippen LogP contribution in [0.1, 0.15) is 390 Å². The van der Waals surface area contributed by atoms with Crippen molar-refractivity contribution in [3.63, 3.8) is 0 Å². The predicted octanol–water partition coefficient (Wildman–Crippen LogP) is 22.4. The SMILES string of the molecule is CCCOC(C)C(C)CC1CC(C(O)O)CC(CC2CC(C(O)O)CC(CC(C)C)C2OCCC)C1OCCC.CCCOC1CCC(C(O)O)CC1CC1CCCC(C(O)O)C1.CC[NH-].COC1CCC([N-]C[N-]C2CCC(OC)CC2)CC1.COC1CCC([N-]C[N-]C2CCC(OC)CC2)CC1.COC1CCC([N-]C[N-]C2CCC(OC)CC2)CC1.COC1CCC([N-]C[N-]C2CCC(OC)CC2)CC1.O.[Rh+2].[Rh+2].[Rh+2].[Rh+3]. The largest absolute Gasteiger partial charge is 3.00 e. The smallest absolute Gasteiger partial charge is 0.678 e. The van der Waals surface area contributed by atoms with E-state index in [0.29, 0.717) is 180 Å². The molecule has 0 aromatic carbocycles. The summed E-state index contributed by atoms with van der Waals surface area (Å²) in [7, 11) is 14.5. The van der Waals surface area contributed by atoms with E-state index in [4.69, 9.17) is 105 Å². The molecule has 34 heteroatoms. The van der Waals surface area contributed by atoms with Crippen LogP contribution in [0, 0.1) is 71.0 Å². The third-order valence-corrected chi connectivity index (χ3v) is 33.9. The minimum atomic E-state index is -1.35. The fourth-order valence-corrected chi connectivity index (χ4v) is 25.0. The zero-order valence-corrected chi connectivity index (χ0v) is 101. The van der Waals surface area contributed by atoms with E-state index >= 15 is 0 Å². The fourth-order valence-electron chi connectivity index (χ4n) is 25.0. The summed E-state index contributed by atoms with van der Waals surface area (Å²) in [6.07, 6.45) is 53.3. The molecule has 12 fully saturated rings. The molecule has 0 aromatic rings. The van der Waals surface area contributed by atoms with Crippen molar-refractivity contribution in [3.8, 4) is 0 Å². The van der Waals surface area contributed by atoms with Crippen molar-refractivity contribution in [1.29, 1.82) is 0 Å². The zero-order chi connectivity index (χ0) is 103. The van der Waals surface area contributed by atoms with Crippen molar-refractivity contribution < 1.29 is 181 Å². The molecule has 12 aliphatic carbocycles. The second-order valence-corrected chi connectivity index (χ2v) is 45.0. The van der Waals surface area contributed by atoms with Crippen LogP contribution in [0.25, 0.3) is 48.3 Å². The van der Waals surface area contributed by atoms with Crippen LogP contribution >= 0.6 is 0 Å². The molecule has 11 N–H and O–H groups in total. The van der Waals surface area contributed by atoms with Crippen LogP contribution in [0.2, 0.25) is 0 Å². The van der Waals surface area contributed by atoms with Crippen LogP contribution < -0.4 is 0 Å². The molecule has 12 aliphatic rings. The second-order valence-electron chi connectivity index (χ2n) is 45.0. The van der Waals surface area contributed by atoms with Crippen LogP contribution in [0.5, 0.6) is 0 Å². The number of ether oxygens (including phenoxy) is 12. The van der Waals surface area contributed by atoms with Crippen LogP contribution in [-0.4, -0.2) is 310 Å². The molecule has 0 heterocycles. The Bertz CT molecular complexity index is 2630. The number of hydrogen-bond acceptors (Lipinski definition) is 20. The Kier molecular flexibility index (Phi) is 87.6. The average Bonchev–Trinajstić information content (AvgIpc) is 0.784. The van der Waals surface area contributed by atoms with Crippen LogP contribution in [0.15, 0.2) is 0 Å². The maximum absolute atomic E-state index is 10.4. The van der Waals surface area contributed by atoms with Crippen molar-refractivity contribution in [2.75, 3.05) is 117 Å². The van der Waals surface area contributed by atoms with E-state index in [0.717, 1.165) is 225 Å². The summed E-state index contributed by atoms with van der Waals surface area (Å²) in [6, 6.07) is 4.15. The average molecular weight is 2450 g/mol.